The fourth-order valence-corrected chi connectivity index (χ4v) is 2.65. The summed E-state index contributed by atoms with van der Waals surface area (Å²) in [6, 6.07) is 0. The standard InChI is InChI=1S/C8H8BrN3OS/c1-4-6(8(13)12(2)11-4)7-10-5(9)3-14-7/h3,11H,1-2H3. The number of rotatable bonds is 1. The Morgan fingerprint density at radius 2 is 2.36 bits per heavy atom. The van der Waals surface area contributed by atoms with Crippen LogP contribution in [0, 0.1) is 6.92 Å². The fraction of sp³-hybridized carbons (Fsp3) is 0.250. The van der Waals surface area contributed by atoms with Gasteiger partial charge in [0.25, 0.3) is 5.56 Å². The van der Waals surface area contributed by atoms with E-state index in [0.717, 1.165) is 15.3 Å². The van der Waals surface area contributed by atoms with Gasteiger partial charge in [0.2, 0.25) is 0 Å². The molecular weight excluding hydrogens is 266 g/mol. The van der Waals surface area contributed by atoms with Gasteiger partial charge in [-0.05, 0) is 22.9 Å². The van der Waals surface area contributed by atoms with Crippen molar-refractivity contribution in [2.45, 2.75) is 6.92 Å². The summed E-state index contributed by atoms with van der Waals surface area (Å²) in [6.07, 6.45) is 0. The first-order chi connectivity index (χ1) is 6.59. The normalized spacial score (nSPS) is 10.8. The Labute approximate surface area is 92.7 Å². The zero-order chi connectivity index (χ0) is 10.3. The van der Waals surface area contributed by atoms with E-state index in [0.29, 0.717) is 5.56 Å². The van der Waals surface area contributed by atoms with E-state index in [2.05, 4.69) is 26.0 Å². The van der Waals surface area contributed by atoms with Crippen molar-refractivity contribution in [3.05, 3.63) is 26.0 Å². The predicted molar refractivity (Wildman–Crippen MR) is 59.6 cm³/mol. The third-order valence-corrected chi connectivity index (χ3v) is 3.49. The molecule has 2 aromatic rings. The zero-order valence-corrected chi connectivity index (χ0v) is 10.1. The summed E-state index contributed by atoms with van der Waals surface area (Å²) in [4.78, 5) is 15.9. The molecule has 0 bridgehead atoms. The van der Waals surface area contributed by atoms with Crippen LogP contribution in [0.1, 0.15) is 5.69 Å². The SMILES string of the molecule is Cc1[nH]n(C)c(=O)c1-c1nc(Br)cs1. The summed E-state index contributed by atoms with van der Waals surface area (Å²) in [6.45, 7) is 1.87. The average molecular weight is 274 g/mol. The first kappa shape index (κ1) is 9.67. The Bertz CT molecular complexity index is 525. The van der Waals surface area contributed by atoms with Gasteiger partial charge in [0.1, 0.15) is 9.61 Å². The summed E-state index contributed by atoms with van der Waals surface area (Å²) < 4.78 is 2.22. The minimum atomic E-state index is -0.0376. The molecule has 74 valence electrons. The first-order valence-electron chi connectivity index (χ1n) is 3.96. The Morgan fingerprint density at radius 3 is 2.79 bits per heavy atom. The third-order valence-electron chi connectivity index (χ3n) is 1.92. The smallest absolute Gasteiger partial charge is 0.276 e. The van der Waals surface area contributed by atoms with Crippen LogP contribution in [-0.2, 0) is 7.05 Å². The molecule has 0 saturated heterocycles. The molecule has 0 amide bonds. The van der Waals surface area contributed by atoms with Crippen molar-refractivity contribution in [2.75, 3.05) is 0 Å². The van der Waals surface area contributed by atoms with Gasteiger partial charge < -0.3 is 0 Å². The number of hydrogen-bond acceptors (Lipinski definition) is 3. The first-order valence-corrected chi connectivity index (χ1v) is 5.64. The van der Waals surface area contributed by atoms with Gasteiger partial charge >= 0.3 is 0 Å². The molecule has 4 nitrogen and oxygen atoms in total. The average Bonchev–Trinajstić information content (AvgIpc) is 2.60. The number of thiazole rings is 1. The second-order valence-corrected chi connectivity index (χ2v) is 4.62. The van der Waals surface area contributed by atoms with Gasteiger partial charge in [-0.25, -0.2) is 4.98 Å². The van der Waals surface area contributed by atoms with E-state index in [1.54, 1.807) is 7.05 Å². The van der Waals surface area contributed by atoms with Crippen LogP contribution in [0.5, 0.6) is 0 Å². The lowest BCUT2D eigenvalue weighted by Gasteiger charge is -1.88. The summed E-state index contributed by atoms with van der Waals surface area (Å²) in [5.74, 6) is 0. The number of hydrogen-bond donors (Lipinski definition) is 1. The van der Waals surface area contributed by atoms with Gasteiger partial charge in [-0.15, -0.1) is 11.3 Å². The van der Waals surface area contributed by atoms with E-state index >= 15 is 0 Å². The molecule has 0 aliphatic heterocycles. The summed E-state index contributed by atoms with van der Waals surface area (Å²) in [5.41, 5.74) is 1.46. The number of nitrogens with one attached hydrogen (secondary N) is 1. The minimum absolute atomic E-state index is 0.0376. The largest absolute Gasteiger partial charge is 0.300 e. The van der Waals surface area contributed by atoms with Gasteiger partial charge in [0, 0.05) is 18.1 Å². The second kappa shape index (κ2) is 3.36. The fourth-order valence-electron chi connectivity index (χ4n) is 1.31. The van der Waals surface area contributed by atoms with Gasteiger partial charge in [-0.3, -0.25) is 14.6 Å². The number of aromatic nitrogens is 3. The monoisotopic (exact) mass is 273 g/mol. The molecule has 2 heterocycles. The number of halogens is 1. The molecule has 6 heteroatoms. The van der Waals surface area contributed by atoms with Crippen LogP contribution >= 0.6 is 27.3 Å². The molecule has 0 aliphatic carbocycles. The van der Waals surface area contributed by atoms with E-state index in [1.807, 2.05) is 12.3 Å². The molecule has 2 aromatic heterocycles. The zero-order valence-electron chi connectivity index (χ0n) is 7.67. The molecule has 0 spiro atoms. The van der Waals surface area contributed by atoms with E-state index in [-0.39, 0.29) is 5.56 Å². The highest BCUT2D eigenvalue weighted by molar-refractivity contribution is 9.10. The summed E-state index contributed by atoms with van der Waals surface area (Å²) >= 11 is 4.72. The predicted octanol–water partition coefficient (Wildman–Crippen LogP) is 1.91. The molecule has 0 radical (unpaired) electrons. The highest BCUT2D eigenvalue weighted by Gasteiger charge is 2.14. The topological polar surface area (TPSA) is 50.7 Å². The van der Waals surface area contributed by atoms with Crippen molar-refractivity contribution in [2.24, 2.45) is 7.05 Å². The van der Waals surface area contributed by atoms with Crippen LogP contribution in [-0.4, -0.2) is 14.8 Å². The highest BCUT2D eigenvalue weighted by atomic mass is 79.9. The molecule has 1 N–H and O–H groups in total. The van der Waals surface area contributed by atoms with Crippen LogP contribution < -0.4 is 5.56 Å². The number of aryl methyl sites for hydroxylation is 2. The molecule has 2 rings (SSSR count). The molecule has 0 fully saturated rings. The molecule has 0 unspecified atom stereocenters. The molecule has 0 aliphatic rings. The Kier molecular flexibility index (Phi) is 2.32. The molecule has 0 aromatic carbocycles. The highest BCUT2D eigenvalue weighted by Crippen LogP contribution is 2.25. The van der Waals surface area contributed by atoms with Crippen molar-refractivity contribution in [1.82, 2.24) is 14.8 Å². The van der Waals surface area contributed by atoms with Gasteiger partial charge in [0.05, 0.1) is 5.56 Å². The lowest BCUT2D eigenvalue weighted by molar-refractivity contribution is 0.731. The third kappa shape index (κ3) is 1.44. The van der Waals surface area contributed by atoms with Crippen molar-refractivity contribution < 1.29 is 0 Å². The van der Waals surface area contributed by atoms with Gasteiger partial charge in [0.15, 0.2) is 0 Å². The Morgan fingerprint density at radius 1 is 1.64 bits per heavy atom. The molecule has 0 saturated carbocycles. The Hall–Kier alpha value is -0.880. The van der Waals surface area contributed by atoms with Crippen LogP contribution in [0.3, 0.4) is 0 Å². The maximum Gasteiger partial charge on any atom is 0.276 e. The lowest BCUT2D eigenvalue weighted by atomic mass is 10.3. The number of H-pyrrole nitrogens is 1. The second-order valence-electron chi connectivity index (χ2n) is 2.95. The maximum atomic E-state index is 11.7. The molecule has 14 heavy (non-hydrogen) atoms. The molecule has 0 atom stereocenters. The molecular formula is C8H8BrN3OS. The Balaban J connectivity index is 2.67. The van der Waals surface area contributed by atoms with E-state index in [9.17, 15) is 4.79 Å². The maximum absolute atomic E-state index is 11.7. The van der Waals surface area contributed by atoms with Crippen LogP contribution in [0.15, 0.2) is 14.8 Å². The summed E-state index contributed by atoms with van der Waals surface area (Å²) in [5, 5.41) is 5.55. The van der Waals surface area contributed by atoms with Crippen molar-refractivity contribution in [1.29, 1.82) is 0 Å². The number of aromatic amines is 1. The number of nitrogens with zero attached hydrogens (tertiary/aromatic N) is 2. The van der Waals surface area contributed by atoms with Crippen LogP contribution in [0.2, 0.25) is 0 Å². The summed E-state index contributed by atoms with van der Waals surface area (Å²) in [7, 11) is 1.70. The van der Waals surface area contributed by atoms with E-state index < -0.39 is 0 Å². The van der Waals surface area contributed by atoms with Gasteiger partial charge in [-0.2, -0.15) is 0 Å². The minimum Gasteiger partial charge on any atom is -0.300 e. The van der Waals surface area contributed by atoms with Gasteiger partial charge in [-0.1, -0.05) is 0 Å². The lowest BCUT2D eigenvalue weighted by Crippen LogP contribution is -2.12. The van der Waals surface area contributed by atoms with Crippen LogP contribution in [0.25, 0.3) is 10.6 Å². The van der Waals surface area contributed by atoms with E-state index in [4.69, 9.17) is 0 Å². The van der Waals surface area contributed by atoms with Crippen molar-refractivity contribution in [3.63, 3.8) is 0 Å². The quantitative estimate of drug-likeness (QED) is 0.863. The van der Waals surface area contributed by atoms with Crippen LogP contribution in [0.4, 0.5) is 0 Å². The van der Waals surface area contributed by atoms with E-state index in [1.165, 1.54) is 16.0 Å². The van der Waals surface area contributed by atoms with Crippen molar-refractivity contribution >= 4 is 27.3 Å². The van der Waals surface area contributed by atoms with Crippen molar-refractivity contribution in [3.8, 4) is 10.6 Å².